The average Bonchev–Trinajstić information content (AvgIpc) is 2.66. The molecule has 3 rings (SSSR count). The van der Waals surface area contributed by atoms with Gasteiger partial charge in [0.1, 0.15) is 0 Å². The molecule has 1 aliphatic carbocycles. The van der Waals surface area contributed by atoms with Crippen LogP contribution < -0.4 is 4.74 Å². The molecule has 0 amide bonds. The van der Waals surface area contributed by atoms with Crippen LogP contribution in [0.25, 0.3) is 11.1 Å². The molecular weight excluding hydrogens is 417 g/mol. The maximum Gasteiger partial charge on any atom is 0.201 e. The van der Waals surface area contributed by atoms with E-state index < -0.39 is 11.6 Å². The minimum absolute atomic E-state index is 0.0684. The normalized spacial score (nSPS) is 20.6. The number of hydrogen-bond acceptors (Lipinski definition) is 1. The van der Waals surface area contributed by atoms with Gasteiger partial charge in [0.25, 0.3) is 0 Å². The Kier molecular flexibility index (Phi) is 6.64. The predicted molar refractivity (Wildman–Crippen MR) is 106 cm³/mol. The minimum Gasteiger partial charge on any atom is -0.491 e. The van der Waals surface area contributed by atoms with Crippen molar-refractivity contribution in [1.29, 1.82) is 0 Å². The second kappa shape index (κ2) is 8.96. The van der Waals surface area contributed by atoms with Crippen molar-refractivity contribution in [3.05, 3.63) is 64.4 Å². The predicted octanol–water partition coefficient (Wildman–Crippen LogP) is 7.51. The van der Waals surface area contributed by atoms with Crippen molar-refractivity contribution >= 4 is 15.9 Å². The third kappa shape index (κ3) is 4.75. The molecule has 5 heteroatoms. The molecule has 0 aliphatic heterocycles. The van der Waals surface area contributed by atoms with E-state index in [1.54, 1.807) is 19.1 Å². The third-order valence-corrected chi connectivity index (χ3v) is 5.44. The molecule has 27 heavy (non-hydrogen) atoms. The number of ether oxygens (including phenoxy) is 1. The first-order valence-electron chi connectivity index (χ1n) is 9.23. The Bertz CT molecular complexity index is 805. The molecule has 0 atom stereocenters. The van der Waals surface area contributed by atoms with Gasteiger partial charge in [-0.05, 0) is 89.7 Å². The Balaban J connectivity index is 1.73. The fraction of sp³-hybridized carbons (Fsp3) is 0.364. The van der Waals surface area contributed by atoms with Gasteiger partial charge < -0.3 is 4.74 Å². The Morgan fingerprint density at radius 1 is 1.04 bits per heavy atom. The van der Waals surface area contributed by atoms with E-state index in [-0.39, 0.29) is 28.6 Å². The fourth-order valence-corrected chi connectivity index (χ4v) is 4.13. The number of halogens is 4. The minimum atomic E-state index is -0.955. The van der Waals surface area contributed by atoms with E-state index in [2.05, 4.69) is 15.9 Å². The van der Waals surface area contributed by atoms with Gasteiger partial charge in [-0.25, -0.2) is 4.39 Å². The standard InChI is InChI=1S/C22H22BrF3O/c1-2-27-19-12-11-18(21(25)22(19)26)17-9-7-16(8-10-17)15-5-3-14(4-6-15)13-20(23)24/h7-15H,2-6H2,1H3. The van der Waals surface area contributed by atoms with Gasteiger partial charge in [-0.15, -0.1) is 0 Å². The van der Waals surface area contributed by atoms with Crippen molar-refractivity contribution in [1.82, 2.24) is 0 Å². The van der Waals surface area contributed by atoms with Crippen LogP contribution in [0.4, 0.5) is 13.2 Å². The molecule has 0 unspecified atom stereocenters. The van der Waals surface area contributed by atoms with E-state index >= 15 is 0 Å². The van der Waals surface area contributed by atoms with Crippen LogP contribution in [0.5, 0.6) is 5.75 Å². The molecule has 1 saturated carbocycles. The molecule has 2 aromatic carbocycles. The van der Waals surface area contributed by atoms with Crippen LogP contribution in [-0.2, 0) is 0 Å². The molecule has 0 aromatic heterocycles. The van der Waals surface area contributed by atoms with Crippen molar-refractivity contribution in [2.24, 2.45) is 5.92 Å². The van der Waals surface area contributed by atoms with Gasteiger partial charge in [-0.2, -0.15) is 8.78 Å². The second-order valence-electron chi connectivity index (χ2n) is 6.86. The van der Waals surface area contributed by atoms with Crippen LogP contribution in [0.1, 0.15) is 44.1 Å². The molecule has 0 saturated heterocycles. The number of benzene rings is 2. The molecule has 1 aliphatic rings. The van der Waals surface area contributed by atoms with Crippen LogP contribution in [0.3, 0.4) is 0 Å². The zero-order chi connectivity index (χ0) is 19.4. The molecule has 0 spiro atoms. The molecule has 1 nitrogen and oxygen atoms in total. The highest BCUT2D eigenvalue weighted by molar-refractivity contribution is 9.11. The summed E-state index contributed by atoms with van der Waals surface area (Å²) in [6.07, 6.45) is 5.52. The lowest BCUT2D eigenvalue weighted by Gasteiger charge is -2.27. The highest BCUT2D eigenvalue weighted by Gasteiger charge is 2.22. The van der Waals surface area contributed by atoms with Gasteiger partial charge in [0.2, 0.25) is 5.82 Å². The van der Waals surface area contributed by atoms with Crippen LogP contribution in [0, 0.1) is 17.6 Å². The summed E-state index contributed by atoms with van der Waals surface area (Å²) in [7, 11) is 0. The SMILES string of the molecule is CCOc1ccc(-c2ccc(C3CCC(C=C(F)Br)CC3)cc2)c(F)c1F. The van der Waals surface area contributed by atoms with Gasteiger partial charge >= 0.3 is 0 Å². The highest BCUT2D eigenvalue weighted by Crippen LogP contribution is 2.38. The van der Waals surface area contributed by atoms with E-state index in [9.17, 15) is 13.2 Å². The lowest BCUT2D eigenvalue weighted by atomic mass is 9.78. The lowest BCUT2D eigenvalue weighted by molar-refractivity contribution is 0.314. The average molecular weight is 439 g/mol. The second-order valence-corrected chi connectivity index (χ2v) is 7.62. The zero-order valence-corrected chi connectivity index (χ0v) is 16.7. The van der Waals surface area contributed by atoms with E-state index in [4.69, 9.17) is 4.74 Å². The largest absolute Gasteiger partial charge is 0.491 e. The highest BCUT2D eigenvalue weighted by atomic mass is 79.9. The summed E-state index contributed by atoms with van der Waals surface area (Å²) in [6.45, 7) is 2.01. The monoisotopic (exact) mass is 438 g/mol. The van der Waals surface area contributed by atoms with Crippen LogP contribution in [-0.4, -0.2) is 6.61 Å². The Morgan fingerprint density at radius 2 is 1.70 bits per heavy atom. The first-order chi connectivity index (χ1) is 13.0. The number of hydrogen-bond donors (Lipinski definition) is 0. The van der Waals surface area contributed by atoms with E-state index in [1.165, 1.54) is 11.6 Å². The molecular formula is C22H22BrF3O. The summed E-state index contributed by atoms with van der Waals surface area (Å²) in [6, 6.07) is 10.6. The van der Waals surface area contributed by atoms with Gasteiger partial charge in [-0.3, -0.25) is 0 Å². The van der Waals surface area contributed by atoms with Crippen molar-refractivity contribution in [2.75, 3.05) is 6.61 Å². The zero-order valence-electron chi connectivity index (χ0n) is 15.2. The summed E-state index contributed by atoms with van der Waals surface area (Å²) in [5.74, 6) is -1.22. The van der Waals surface area contributed by atoms with Gasteiger partial charge in [0.15, 0.2) is 16.3 Å². The maximum absolute atomic E-state index is 14.4. The first-order valence-corrected chi connectivity index (χ1v) is 10.0. The van der Waals surface area contributed by atoms with E-state index in [0.717, 1.165) is 25.7 Å². The third-order valence-electron chi connectivity index (χ3n) is 5.17. The molecule has 144 valence electrons. The fourth-order valence-electron chi connectivity index (χ4n) is 3.75. The summed E-state index contributed by atoms with van der Waals surface area (Å²) in [5, 5.41) is 0. The van der Waals surface area contributed by atoms with Crippen molar-refractivity contribution in [3.63, 3.8) is 0 Å². The van der Waals surface area contributed by atoms with Crippen LogP contribution in [0.2, 0.25) is 0 Å². The summed E-state index contributed by atoms with van der Waals surface area (Å²) < 4.78 is 46.2. The molecule has 1 fully saturated rings. The maximum atomic E-state index is 14.4. The van der Waals surface area contributed by atoms with E-state index in [1.807, 2.05) is 24.3 Å². The molecule has 0 bridgehead atoms. The molecule has 0 radical (unpaired) electrons. The van der Waals surface area contributed by atoms with Gasteiger partial charge in [0.05, 0.1) is 6.61 Å². The topological polar surface area (TPSA) is 9.23 Å². The van der Waals surface area contributed by atoms with Gasteiger partial charge in [0, 0.05) is 5.56 Å². The van der Waals surface area contributed by atoms with Crippen molar-refractivity contribution < 1.29 is 17.9 Å². The number of allylic oxidation sites excluding steroid dienone is 1. The van der Waals surface area contributed by atoms with Crippen LogP contribution in [0.15, 0.2) is 47.2 Å². The quantitative estimate of drug-likeness (QED) is 0.469. The van der Waals surface area contributed by atoms with Crippen molar-refractivity contribution in [3.8, 4) is 16.9 Å². The van der Waals surface area contributed by atoms with E-state index in [0.29, 0.717) is 11.5 Å². The Hall–Kier alpha value is -1.75. The van der Waals surface area contributed by atoms with Crippen LogP contribution >= 0.6 is 15.9 Å². The molecule has 2 aromatic rings. The lowest BCUT2D eigenvalue weighted by Crippen LogP contribution is -2.11. The number of rotatable bonds is 5. The molecule has 0 heterocycles. The summed E-state index contributed by atoms with van der Waals surface area (Å²) in [5.41, 5.74) is 2.05. The molecule has 0 N–H and O–H groups in total. The Morgan fingerprint density at radius 3 is 2.30 bits per heavy atom. The first kappa shape index (κ1) is 20.0. The van der Waals surface area contributed by atoms with Gasteiger partial charge in [-0.1, -0.05) is 24.3 Å². The summed E-state index contributed by atoms with van der Waals surface area (Å²) in [4.78, 5) is 0. The van der Waals surface area contributed by atoms with Crippen molar-refractivity contribution in [2.45, 2.75) is 38.5 Å². The smallest absolute Gasteiger partial charge is 0.201 e. The summed E-state index contributed by atoms with van der Waals surface area (Å²) >= 11 is 2.85. The Labute approximate surface area is 166 Å².